The van der Waals surface area contributed by atoms with Crippen molar-refractivity contribution in [2.75, 3.05) is 13.1 Å². The van der Waals surface area contributed by atoms with Gasteiger partial charge in [0.15, 0.2) is 0 Å². The van der Waals surface area contributed by atoms with Crippen LogP contribution >= 0.6 is 0 Å². The molecule has 1 saturated carbocycles. The Morgan fingerprint density at radius 2 is 2.05 bits per heavy atom. The van der Waals surface area contributed by atoms with Crippen molar-refractivity contribution in [3.8, 4) is 0 Å². The molecule has 4 nitrogen and oxygen atoms in total. The molecule has 0 radical (unpaired) electrons. The van der Waals surface area contributed by atoms with Crippen LogP contribution in [0.4, 0.5) is 0 Å². The van der Waals surface area contributed by atoms with Gasteiger partial charge in [0.2, 0.25) is 5.91 Å². The highest BCUT2D eigenvalue weighted by Gasteiger charge is 2.34. The fourth-order valence-electron chi connectivity index (χ4n) is 3.02. The van der Waals surface area contributed by atoms with E-state index < -0.39 is 0 Å². The van der Waals surface area contributed by atoms with E-state index in [1.54, 1.807) is 0 Å². The van der Waals surface area contributed by atoms with Crippen LogP contribution in [0.2, 0.25) is 0 Å². The lowest BCUT2D eigenvalue weighted by atomic mass is 9.96. The molecular weight excluding hydrogens is 238 g/mol. The fraction of sp³-hybridized carbons (Fsp3) is 0.733. The third-order valence-corrected chi connectivity index (χ3v) is 4.43. The first-order valence-electron chi connectivity index (χ1n) is 7.56. The zero-order valence-corrected chi connectivity index (χ0v) is 11.7. The first kappa shape index (κ1) is 12.7. The predicted octanol–water partition coefficient (Wildman–Crippen LogP) is 2.09. The summed E-state index contributed by atoms with van der Waals surface area (Å²) in [4.78, 5) is 18.5. The Kier molecular flexibility index (Phi) is 3.58. The molecule has 2 fully saturated rings. The minimum Gasteiger partial charge on any atom is -0.342 e. The van der Waals surface area contributed by atoms with Gasteiger partial charge in [-0.3, -0.25) is 4.79 Å². The van der Waals surface area contributed by atoms with Gasteiger partial charge in [0.05, 0.1) is 0 Å². The molecule has 4 heteroatoms. The average Bonchev–Trinajstić information content (AvgIpc) is 3.20. The molecule has 2 aliphatic rings. The molecule has 2 heterocycles. The zero-order valence-electron chi connectivity index (χ0n) is 11.7. The van der Waals surface area contributed by atoms with E-state index >= 15 is 0 Å². The molecule has 1 aliphatic carbocycles. The number of likely N-dealkylation sites (tertiary alicyclic amines) is 1. The number of carbonyl (C=O) groups is 1. The van der Waals surface area contributed by atoms with Crippen LogP contribution in [0.3, 0.4) is 0 Å². The van der Waals surface area contributed by atoms with Crippen LogP contribution in [0.15, 0.2) is 12.4 Å². The van der Waals surface area contributed by atoms with E-state index in [4.69, 9.17) is 0 Å². The maximum absolute atomic E-state index is 12.0. The molecule has 0 spiro atoms. The molecule has 0 unspecified atom stereocenters. The molecule has 1 aliphatic heterocycles. The summed E-state index contributed by atoms with van der Waals surface area (Å²) >= 11 is 0. The molecular formula is C15H23N3O. The summed E-state index contributed by atoms with van der Waals surface area (Å²) in [6.45, 7) is 5.12. The summed E-state index contributed by atoms with van der Waals surface area (Å²) in [6.07, 6.45) is 9.48. The van der Waals surface area contributed by atoms with Crippen molar-refractivity contribution < 1.29 is 4.79 Å². The first-order valence-corrected chi connectivity index (χ1v) is 7.56. The highest BCUT2D eigenvalue weighted by atomic mass is 16.2. The second-order valence-corrected chi connectivity index (χ2v) is 5.89. The largest absolute Gasteiger partial charge is 0.342 e. The number of amides is 1. The van der Waals surface area contributed by atoms with Crippen LogP contribution in [0, 0.1) is 11.8 Å². The second kappa shape index (κ2) is 5.35. The zero-order chi connectivity index (χ0) is 13.2. The van der Waals surface area contributed by atoms with Gasteiger partial charge in [0, 0.05) is 44.4 Å². The van der Waals surface area contributed by atoms with Gasteiger partial charge in [-0.25, -0.2) is 4.98 Å². The number of piperidine rings is 1. The fourth-order valence-corrected chi connectivity index (χ4v) is 3.02. The van der Waals surface area contributed by atoms with Crippen molar-refractivity contribution in [1.82, 2.24) is 14.5 Å². The van der Waals surface area contributed by atoms with Gasteiger partial charge in [-0.2, -0.15) is 0 Å². The molecule has 1 aromatic rings. The Morgan fingerprint density at radius 3 is 2.68 bits per heavy atom. The first-order chi connectivity index (χ1) is 9.28. The molecule has 0 N–H and O–H groups in total. The van der Waals surface area contributed by atoms with Crippen molar-refractivity contribution in [2.45, 2.75) is 45.6 Å². The van der Waals surface area contributed by atoms with Gasteiger partial charge in [-0.05, 0) is 31.6 Å². The van der Waals surface area contributed by atoms with Crippen molar-refractivity contribution in [3.05, 3.63) is 18.2 Å². The van der Waals surface area contributed by atoms with Gasteiger partial charge in [0.25, 0.3) is 0 Å². The second-order valence-electron chi connectivity index (χ2n) is 5.89. The van der Waals surface area contributed by atoms with Gasteiger partial charge in [-0.1, -0.05) is 6.92 Å². The van der Waals surface area contributed by atoms with E-state index in [1.165, 1.54) is 5.82 Å². The summed E-state index contributed by atoms with van der Waals surface area (Å²) in [5.41, 5.74) is 0. The summed E-state index contributed by atoms with van der Waals surface area (Å²) in [5, 5.41) is 0. The van der Waals surface area contributed by atoms with Gasteiger partial charge >= 0.3 is 0 Å². The van der Waals surface area contributed by atoms with Crippen LogP contribution in [0.5, 0.6) is 0 Å². The average molecular weight is 261 g/mol. The van der Waals surface area contributed by atoms with Gasteiger partial charge < -0.3 is 9.47 Å². The maximum atomic E-state index is 12.0. The molecule has 104 valence electrons. The van der Waals surface area contributed by atoms with E-state index in [1.807, 2.05) is 6.20 Å². The number of imidazole rings is 1. The van der Waals surface area contributed by atoms with Gasteiger partial charge in [-0.15, -0.1) is 0 Å². The van der Waals surface area contributed by atoms with E-state index in [0.717, 1.165) is 51.7 Å². The standard InChI is InChI=1S/C15H23N3O/c1-2-14-16-7-10-18(14)11-12-5-8-17(9-6-12)15(19)13-3-4-13/h7,10,12-13H,2-6,8-9,11H2,1H3. The molecule has 3 rings (SSSR count). The van der Waals surface area contributed by atoms with Crippen LogP contribution in [-0.4, -0.2) is 33.4 Å². The van der Waals surface area contributed by atoms with Crippen LogP contribution in [0.25, 0.3) is 0 Å². The Balaban J connectivity index is 1.51. The normalized spacial score (nSPS) is 20.8. The van der Waals surface area contributed by atoms with Crippen molar-refractivity contribution in [3.63, 3.8) is 0 Å². The SMILES string of the molecule is CCc1nccn1CC1CCN(C(=O)C2CC2)CC1. The molecule has 0 aromatic carbocycles. The number of aromatic nitrogens is 2. The Hall–Kier alpha value is -1.32. The molecule has 1 amide bonds. The van der Waals surface area contributed by atoms with Crippen LogP contribution in [-0.2, 0) is 17.8 Å². The molecule has 1 saturated heterocycles. The van der Waals surface area contributed by atoms with Crippen LogP contribution < -0.4 is 0 Å². The van der Waals surface area contributed by atoms with E-state index in [9.17, 15) is 4.79 Å². The number of aryl methyl sites for hydroxylation is 1. The maximum Gasteiger partial charge on any atom is 0.225 e. The highest BCUT2D eigenvalue weighted by molar-refractivity contribution is 5.81. The van der Waals surface area contributed by atoms with Crippen molar-refractivity contribution in [1.29, 1.82) is 0 Å². The monoisotopic (exact) mass is 261 g/mol. The van der Waals surface area contributed by atoms with Crippen molar-refractivity contribution in [2.24, 2.45) is 11.8 Å². The lowest BCUT2D eigenvalue weighted by Crippen LogP contribution is -2.40. The smallest absolute Gasteiger partial charge is 0.225 e. The quantitative estimate of drug-likeness (QED) is 0.832. The topological polar surface area (TPSA) is 38.1 Å². The molecule has 0 atom stereocenters. The van der Waals surface area contributed by atoms with E-state index in [2.05, 4.69) is 27.6 Å². The third-order valence-electron chi connectivity index (χ3n) is 4.43. The van der Waals surface area contributed by atoms with E-state index in [-0.39, 0.29) is 0 Å². The number of hydrogen-bond donors (Lipinski definition) is 0. The highest BCUT2D eigenvalue weighted by Crippen LogP contribution is 2.32. The number of carbonyl (C=O) groups excluding carboxylic acids is 1. The summed E-state index contributed by atoms with van der Waals surface area (Å²) in [7, 11) is 0. The number of rotatable bonds is 4. The predicted molar refractivity (Wildman–Crippen MR) is 73.6 cm³/mol. The number of hydrogen-bond acceptors (Lipinski definition) is 2. The minimum absolute atomic E-state index is 0.372. The molecule has 0 bridgehead atoms. The van der Waals surface area contributed by atoms with Crippen LogP contribution in [0.1, 0.15) is 38.4 Å². The Bertz CT molecular complexity index is 442. The lowest BCUT2D eigenvalue weighted by molar-refractivity contribution is -0.134. The number of nitrogens with zero attached hydrogens (tertiary/aromatic N) is 3. The van der Waals surface area contributed by atoms with Gasteiger partial charge in [0.1, 0.15) is 5.82 Å². The molecule has 19 heavy (non-hydrogen) atoms. The minimum atomic E-state index is 0.372. The third kappa shape index (κ3) is 2.82. The van der Waals surface area contributed by atoms with E-state index in [0.29, 0.717) is 17.7 Å². The molecule has 1 aromatic heterocycles. The summed E-state index contributed by atoms with van der Waals surface area (Å²) < 4.78 is 2.28. The Morgan fingerprint density at radius 1 is 1.32 bits per heavy atom. The van der Waals surface area contributed by atoms with Crippen molar-refractivity contribution >= 4 is 5.91 Å². The lowest BCUT2D eigenvalue weighted by Gasteiger charge is -2.32. The summed E-state index contributed by atoms with van der Waals surface area (Å²) in [6, 6.07) is 0. The Labute approximate surface area is 114 Å². The summed E-state index contributed by atoms with van der Waals surface area (Å²) in [5.74, 6) is 2.66.